The van der Waals surface area contributed by atoms with Gasteiger partial charge < -0.3 is 10.1 Å². The molecule has 0 aliphatic heterocycles. The Bertz CT molecular complexity index is 310. The monoisotopic (exact) mass is 235 g/mol. The first-order valence-corrected chi connectivity index (χ1v) is 6.64. The van der Waals surface area contributed by atoms with E-state index in [1.165, 1.54) is 12.0 Å². The Morgan fingerprint density at radius 2 is 2.12 bits per heavy atom. The summed E-state index contributed by atoms with van der Waals surface area (Å²) in [6.45, 7) is 9.42. The molecule has 0 saturated heterocycles. The molecule has 0 bridgehead atoms. The van der Waals surface area contributed by atoms with E-state index in [0.29, 0.717) is 5.92 Å². The molecule has 0 aliphatic rings. The normalized spacial score (nSPS) is 10.8. The van der Waals surface area contributed by atoms with Crippen molar-refractivity contribution in [3.8, 4) is 5.75 Å². The fourth-order valence-electron chi connectivity index (χ4n) is 1.57. The van der Waals surface area contributed by atoms with Crippen LogP contribution in [0.15, 0.2) is 24.3 Å². The van der Waals surface area contributed by atoms with Crippen LogP contribution < -0.4 is 10.1 Å². The summed E-state index contributed by atoms with van der Waals surface area (Å²) < 4.78 is 5.74. The van der Waals surface area contributed by atoms with Crippen molar-refractivity contribution in [1.82, 2.24) is 5.32 Å². The molecular formula is C15H25NO. The average Bonchev–Trinajstić information content (AvgIpc) is 2.29. The summed E-state index contributed by atoms with van der Waals surface area (Å²) in [5.41, 5.74) is 1.29. The van der Waals surface area contributed by atoms with Crippen LogP contribution in [0.4, 0.5) is 0 Å². The number of nitrogens with one attached hydrogen (secondary N) is 1. The maximum Gasteiger partial charge on any atom is 0.119 e. The Hall–Kier alpha value is -1.02. The second-order valence-corrected chi connectivity index (χ2v) is 4.86. The van der Waals surface area contributed by atoms with E-state index in [1.807, 2.05) is 6.07 Å². The van der Waals surface area contributed by atoms with E-state index in [1.54, 1.807) is 0 Å². The highest BCUT2D eigenvalue weighted by Crippen LogP contribution is 2.14. The van der Waals surface area contributed by atoms with E-state index in [0.717, 1.165) is 31.9 Å². The molecule has 0 heterocycles. The predicted molar refractivity (Wildman–Crippen MR) is 73.4 cm³/mol. The maximum absolute atomic E-state index is 5.74. The molecule has 2 nitrogen and oxygen atoms in total. The van der Waals surface area contributed by atoms with E-state index in [9.17, 15) is 0 Å². The molecule has 0 saturated carbocycles. The van der Waals surface area contributed by atoms with Crippen LogP contribution in [0.5, 0.6) is 5.75 Å². The van der Waals surface area contributed by atoms with Gasteiger partial charge in [-0.1, -0.05) is 32.9 Å². The number of ether oxygens (including phenoxy) is 1. The number of benzene rings is 1. The molecule has 1 aromatic rings. The van der Waals surface area contributed by atoms with Crippen LogP contribution in [0.25, 0.3) is 0 Å². The molecule has 1 aromatic carbocycles. The number of rotatable bonds is 8. The Kier molecular flexibility index (Phi) is 6.71. The number of hydrogen-bond donors (Lipinski definition) is 1. The molecule has 0 atom stereocenters. The van der Waals surface area contributed by atoms with Crippen LogP contribution in [-0.2, 0) is 6.54 Å². The van der Waals surface area contributed by atoms with Crippen LogP contribution in [0.3, 0.4) is 0 Å². The molecular weight excluding hydrogens is 210 g/mol. The third-order valence-corrected chi connectivity index (χ3v) is 2.62. The van der Waals surface area contributed by atoms with Crippen LogP contribution >= 0.6 is 0 Å². The molecule has 96 valence electrons. The first-order chi connectivity index (χ1) is 8.22. The molecule has 0 spiro atoms. The SMILES string of the molecule is CCCNCc1cccc(OCCC(C)C)c1. The Balaban J connectivity index is 2.37. The summed E-state index contributed by atoms with van der Waals surface area (Å²) in [5, 5.41) is 3.40. The topological polar surface area (TPSA) is 21.3 Å². The van der Waals surface area contributed by atoms with Gasteiger partial charge in [0.05, 0.1) is 6.61 Å². The first-order valence-electron chi connectivity index (χ1n) is 6.64. The largest absolute Gasteiger partial charge is 0.494 e. The standard InChI is InChI=1S/C15H25NO/c1-4-9-16-12-14-6-5-7-15(11-14)17-10-8-13(2)3/h5-7,11,13,16H,4,8-10,12H2,1-3H3. The molecule has 0 unspecified atom stereocenters. The molecule has 1 rings (SSSR count). The van der Waals surface area contributed by atoms with Crippen molar-refractivity contribution in [1.29, 1.82) is 0 Å². The first kappa shape index (κ1) is 14.0. The molecule has 2 heteroatoms. The fourth-order valence-corrected chi connectivity index (χ4v) is 1.57. The van der Waals surface area contributed by atoms with Gasteiger partial charge in [-0.3, -0.25) is 0 Å². The quantitative estimate of drug-likeness (QED) is 0.695. The van der Waals surface area contributed by atoms with E-state index in [2.05, 4.69) is 44.3 Å². The predicted octanol–water partition coefficient (Wildman–Crippen LogP) is 3.61. The maximum atomic E-state index is 5.74. The van der Waals surface area contributed by atoms with Crippen molar-refractivity contribution in [2.75, 3.05) is 13.2 Å². The van der Waals surface area contributed by atoms with Gasteiger partial charge in [0, 0.05) is 6.54 Å². The summed E-state index contributed by atoms with van der Waals surface area (Å²) in [6, 6.07) is 8.36. The molecule has 17 heavy (non-hydrogen) atoms. The van der Waals surface area contributed by atoms with Gasteiger partial charge in [-0.25, -0.2) is 0 Å². The Morgan fingerprint density at radius 3 is 2.82 bits per heavy atom. The summed E-state index contributed by atoms with van der Waals surface area (Å²) in [5.74, 6) is 1.69. The fraction of sp³-hybridized carbons (Fsp3) is 0.600. The van der Waals surface area contributed by atoms with Crippen molar-refractivity contribution in [2.45, 2.75) is 40.2 Å². The van der Waals surface area contributed by atoms with Crippen LogP contribution in [0.2, 0.25) is 0 Å². The van der Waals surface area contributed by atoms with Crippen molar-refractivity contribution in [3.63, 3.8) is 0 Å². The minimum absolute atomic E-state index is 0.699. The average molecular weight is 235 g/mol. The molecule has 0 radical (unpaired) electrons. The molecule has 0 aromatic heterocycles. The zero-order chi connectivity index (χ0) is 12.5. The van der Waals surface area contributed by atoms with Crippen LogP contribution in [0.1, 0.15) is 39.2 Å². The van der Waals surface area contributed by atoms with E-state index in [-0.39, 0.29) is 0 Å². The Morgan fingerprint density at radius 1 is 1.29 bits per heavy atom. The van der Waals surface area contributed by atoms with E-state index < -0.39 is 0 Å². The second kappa shape index (κ2) is 8.13. The lowest BCUT2D eigenvalue weighted by atomic mass is 10.1. The smallest absolute Gasteiger partial charge is 0.119 e. The highest BCUT2D eigenvalue weighted by atomic mass is 16.5. The van der Waals surface area contributed by atoms with Gasteiger partial charge >= 0.3 is 0 Å². The summed E-state index contributed by atoms with van der Waals surface area (Å²) >= 11 is 0. The zero-order valence-electron chi connectivity index (χ0n) is 11.3. The lowest BCUT2D eigenvalue weighted by Crippen LogP contribution is -2.13. The van der Waals surface area contributed by atoms with Gasteiger partial charge in [-0.15, -0.1) is 0 Å². The van der Waals surface area contributed by atoms with Gasteiger partial charge in [-0.05, 0) is 43.0 Å². The van der Waals surface area contributed by atoms with Crippen LogP contribution in [-0.4, -0.2) is 13.2 Å². The van der Waals surface area contributed by atoms with Gasteiger partial charge in [0.25, 0.3) is 0 Å². The molecule has 0 aliphatic carbocycles. The van der Waals surface area contributed by atoms with Crippen molar-refractivity contribution in [2.24, 2.45) is 5.92 Å². The third kappa shape index (κ3) is 6.32. The van der Waals surface area contributed by atoms with E-state index >= 15 is 0 Å². The summed E-state index contributed by atoms with van der Waals surface area (Å²) in [7, 11) is 0. The molecule has 0 amide bonds. The Labute approximate surface area is 105 Å². The van der Waals surface area contributed by atoms with Crippen LogP contribution in [0, 0.1) is 5.92 Å². The van der Waals surface area contributed by atoms with Gasteiger partial charge in [0.15, 0.2) is 0 Å². The van der Waals surface area contributed by atoms with Crippen molar-refractivity contribution < 1.29 is 4.74 Å². The highest BCUT2D eigenvalue weighted by Gasteiger charge is 1.98. The minimum atomic E-state index is 0.699. The highest BCUT2D eigenvalue weighted by molar-refractivity contribution is 5.28. The third-order valence-electron chi connectivity index (χ3n) is 2.62. The van der Waals surface area contributed by atoms with E-state index in [4.69, 9.17) is 4.74 Å². The lowest BCUT2D eigenvalue weighted by molar-refractivity contribution is 0.289. The lowest BCUT2D eigenvalue weighted by Gasteiger charge is -2.09. The summed E-state index contributed by atoms with van der Waals surface area (Å²) in [6.07, 6.45) is 2.28. The van der Waals surface area contributed by atoms with Gasteiger partial charge in [0.1, 0.15) is 5.75 Å². The molecule has 1 N–H and O–H groups in total. The van der Waals surface area contributed by atoms with Crippen molar-refractivity contribution >= 4 is 0 Å². The second-order valence-electron chi connectivity index (χ2n) is 4.86. The van der Waals surface area contributed by atoms with Crippen molar-refractivity contribution in [3.05, 3.63) is 29.8 Å². The molecule has 0 fully saturated rings. The number of hydrogen-bond acceptors (Lipinski definition) is 2. The zero-order valence-corrected chi connectivity index (χ0v) is 11.3. The van der Waals surface area contributed by atoms with Gasteiger partial charge in [-0.2, -0.15) is 0 Å². The minimum Gasteiger partial charge on any atom is -0.494 e. The summed E-state index contributed by atoms with van der Waals surface area (Å²) in [4.78, 5) is 0. The van der Waals surface area contributed by atoms with Gasteiger partial charge in [0.2, 0.25) is 0 Å².